The van der Waals surface area contributed by atoms with Crippen LogP contribution in [0.2, 0.25) is 0 Å². The molecule has 5 rings (SSSR count). The summed E-state index contributed by atoms with van der Waals surface area (Å²) in [5.41, 5.74) is -2.89. The van der Waals surface area contributed by atoms with Crippen molar-refractivity contribution < 1.29 is 38.4 Å². The van der Waals surface area contributed by atoms with E-state index in [1.54, 1.807) is 14.0 Å². The van der Waals surface area contributed by atoms with Gasteiger partial charge in [0.25, 0.3) is 5.91 Å². The van der Waals surface area contributed by atoms with Crippen LogP contribution in [0.5, 0.6) is 5.75 Å². The Balaban J connectivity index is 1.55. The van der Waals surface area contributed by atoms with Crippen LogP contribution in [0.25, 0.3) is 0 Å². The number of allylic oxidation sites excluding steroid dienone is 1. The number of epoxide rings is 1. The maximum absolute atomic E-state index is 13.9. The van der Waals surface area contributed by atoms with Crippen molar-refractivity contribution >= 4 is 17.8 Å². The predicted octanol–water partition coefficient (Wildman–Crippen LogP) is 3.10. The van der Waals surface area contributed by atoms with E-state index in [9.17, 15) is 19.5 Å². The van der Waals surface area contributed by atoms with Crippen molar-refractivity contribution in [3.8, 4) is 5.75 Å². The molecule has 3 fully saturated rings. The number of carbonyl (C=O) groups excluding carboxylic acids is 3. The molecule has 4 aliphatic rings. The van der Waals surface area contributed by atoms with E-state index >= 15 is 0 Å². The number of amides is 1. The van der Waals surface area contributed by atoms with E-state index in [1.165, 1.54) is 6.92 Å². The molecule has 1 amide bonds. The molecule has 1 aromatic carbocycles. The first-order valence-electron chi connectivity index (χ1n) is 13.1. The van der Waals surface area contributed by atoms with Crippen molar-refractivity contribution in [3.63, 3.8) is 0 Å². The van der Waals surface area contributed by atoms with Gasteiger partial charge in [0.05, 0.1) is 31.0 Å². The zero-order valence-electron chi connectivity index (χ0n) is 22.3. The molecule has 3 heterocycles. The molecule has 1 aromatic rings. The lowest BCUT2D eigenvalue weighted by molar-refractivity contribution is -0.153. The molecule has 0 aromatic heterocycles. The zero-order valence-corrected chi connectivity index (χ0v) is 22.3. The molecule has 1 saturated carbocycles. The zero-order chi connectivity index (χ0) is 27.5. The van der Waals surface area contributed by atoms with E-state index in [2.05, 4.69) is 5.32 Å². The average molecular weight is 526 g/mol. The molecule has 1 aliphatic carbocycles. The molecule has 9 nitrogen and oxygen atoms in total. The molecule has 0 bridgehead atoms. The van der Waals surface area contributed by atoms with Gasteiger partial charge >= 0.3 is 6.16 Å². The Labute approximate surface area is 222 Å². The smallest absolute Gasteiger partial charge is 0.497 e. The summed E-state index contributed by atoms with van der Waals surface area (Å²) in [7, 11) is 1.61. The minimum atomic E-state index is -1.82. The summed E-state index contributed by atoms with van der Waals surface area (Å²) in [6, 6.07) is 7.32. The largest absolute Gasteiger partial charge is 0.514 e. The lowest BCUT2D eigenvalue weighted by atomic mass is 9.59. The molecule has 9 atom stereocenters. The lowest BCUT2D eigenvalue weighted by Gasteiger charge is -2.45. The summed E-state index contributed by atoms with van der Waals surface area (Å²) < 4.78 is 22.6. The van der Waals surface area contributed by atoms with Gasteiger partial charge in [0.15, 0.2) is 5.78 Å². The molecule has 38 heavy (non-hydrogen) atoms. The van der Waals surface area contributed by atoms with E-state index in [-0.39, 0.29) is 18.1 Å². The fourth-order valence-electron chi connectivity index (χ4n) is 6.65. The van der Waals surface area contributed by atoms with Crippen LogP contribution >= 0.6 is 0 Å². The highest BCUT2D eigenvalue weighted by molar-refractivity contribution is 5.92. The normalized spacial score (nSPS) is 43.9. The summed E-state index contributed by atoms with van der Waals surface area (Å²) in [6.07, 6.45) is 5.15. The summed E-state index contributed by atoms with van der Waals surface area (Å²) in [5.74, 6) is -1.71. The molecule has 3 aliphatic heterocycles. The first-order chi connectivity index (χ1) is 17.9. The van der Waals surface area contributed by atoms with Gasteiger partial charge in [-0.25, -0.2) is 4.79 Å². The van der Waals surface area contributed by atoms with Crippen molar-refractivity contribution in [2.45, 2.75) is 69.5 Å². The Bertz CT molecular complexity index is 1190. The first-order valence-corrected chi connectivity index (χ1v) is 13.1. The monoisotopic (exact) mass is 525 g/mol. The second kappa shape index (κ2) is 9.24. The molecule has 1 spiro atoms. The molecule has 0 radical (unpaired) electrons. The van der Waals surface area contributed by atoms with Crippen LogP contribution in [0, 0.1) is 23.7 Å². The van der Waals surface area contributed by atoms with Gasteiger partial charge in [0, 0.05) is 17.9 Å². The first kappa shape index (κ1) is 26.4. The van der Waals surface area contributed by atoms with Crippen LogP contribution in [0.15, 0.2) is 48.8 Å². The number of ketones is 1. The third-order valence-corrected chi connectivity index (χ3v) is 8.96. The second-order valence-electron chi connectivity index (χ2n) is 11.3. The minimum Gasteiger partial charge on any atom is -0.497 e. The number of aliphatic hydroxyl groups is 1. The van der Waals surface area contributed by atoms with Gasteiger partial charge in [0.1, 0.15) is 11.4 Å². The highest BCUT2D eigenvalue weighted by Gasteiger charge is 2.78. The number of benzene rings is 1. The highest BCUT2D eigenvalue weighted by Crippen LogP contribution is 2.63. The van der Waals surface area contributed by atoms with Gasteiger partial charge in [-0.05, 0) is 56.4 Å². The van der Waals surface area contributed by atoms with Crippen LogP contribution in [0.1, 0.15) is 39.7 Å². The van der Waals surface area contributed by atoms with Crippen molar-refractivity contribution in [2.24, 2.45) is 23.7 Å². The maximum Gasteiger partial charge on any atom is 0.514 e. The van der Waals surface area contributed by atoms with Gasteiger partial charge in [-0.1, -0.05) is 38.1 Å². The summed E-state index contributed by atoms with van der Waals surface area (Å²) in [6.45, 7) is 7.12. The fourth-order valence-corrected chi connectivity index (χ4v) is 6.65. The van der Waals surface area contributed by atoms with Gasteiger partial charge < -0.3 is 29.4 Å². The van der Waals surface area contributed by atoms with Crippen LogP contribution in [-0.2, 0) is 30.2 Å². The number of cyclic esters (lactones) is 1. The summed E-state index contributed by atoms with van der Waals surface area (Å²) >= 11 is 0. The number of ether oxygens (including phenoxy) is 4. The van der Waals surface area contributed by atoms with Crippen molar-refractivity contribution in [1.82, 2.24) is 5.32 Å². The Morgan fingerprint density at radius 1 is 1.13 bits per heavy atom. The predicted molar refractivity (Wildman–Crippen MR) is 136 cm³/mol. The minimum absolute atomic E-state index is 0.125. The number of fused-ring (bicyclic) bond motifs is 2. The molecule has 204 valence electrons. The maximum atomic E-state index is 13.9. The molecule has 9 heteroatoms. The van der Waals surface area contributed by atoms with Crippen LogP contribution in [0.3, 0.4) is 0 Å². The van der Waals surface area contributed by atoms with E-state index in [0.29, 0.717) is 12.8 Å². The average Bonchev–Trinajstić information content (AvgIpc) is 3.49. The van der Waals surface area contributed by atoms with Gasteiger partial charge in [-0.15, -0.1) is 0 Å². The van der Waals surface area contributed by atoms with Gasteiger partial charge in [0.2, 0.25) is 5.60 Å². The van der Waals surface area contributed by atoms with E-state index in [4.69, 9.17) is 18.9 Å². The standard InChI is InChI=1S/C29H35NO8/c1-16-7-6-8-20-24-28(4,37-24)17(2)22-21(15-18-9-11-19(35-5)12-10-18)30-25(32)29(20,22)38-26(33)36-14-13-27(3,34)23(16)31/h6,8-14,16-17,20-22,24,34H,7,15H2,1-5H3,(H,30,32)/b8-6-,14-13-/t16-,17-,20-,21-,22-,24-,27+,28+,29+/m0/s1. The highest BCUT2D eigenvalue weighted by atomic mass is 16.7. The van der Waals surface area contributed by atoms with Gasteiger partial charge in [-0.3, -0.25) is 9.59 Å². The van der Waals surface area contributed by atoms with Crippen molar-refractivity contribution in [1.29, 1.82) is 0 Å². The van der Waals surface area contributed by atoms with E-state index in [1.807, 2.05) is 50.3 Å². The molecule has 2 N–H and O–H groups in total. The number of methoxy groups -OCH3 is 1. The van der Waals surface area contributed by atoms with E-state index < -0.39 is 52.4 Å². The van der Waals surface area contributed by atoms with Crippen LogP contribution in [-0.4, -0.2) is 59.0 Å². The van der Waals surface area contributed by atoms with Crippen LogP contribution < -0.4 is 10.1 Å². The number of hydrogen-bond acceptors (Lipinski definition) is 8. The summed E-state index contributed by atoms with van der Waals surface area (Å²) in [4.78, 5) is 39.7. The third kappa shape index (κ3) is 4.12. The number of nitrogens with one attached hydrogen (secondary N) is 1. The quantitative estimate of drug-likeness (QED) is 0.351. The molecule has 0 unspecified atom stereocenters. The van der Waals surface area contributed by atoms with Crippen molar-refractivity contribution in [2.75, 3.05) is 7.11 Å². The van der Waals surface area contributed by atoms with E-state index in [0.717, 1.165) is 23.7 Å². The number of hydrogen-bond donors (Lipinski definition) is 2. The fraction of sp³-hybridized carbons (Fsp3) is 0.552. The van der Waals surface area contributed by atoms with Crippen molar-refractivity contribution in [3.05, 3.63) is 54.3 Å². The Morgan fingerprint density at radius 3 is 2.53 bits per heavy atom. The lowest BCUT2D eigenvalue weighted by Crippen LogP contribution is -2.61. The second-order valence-corrected chi connectivity index (χ2v) is 11.3. The number of carbonyl (C=O) groups is 3. The molecule has 2 saturated heterocycles. The third-order valence-electron chi connectivity index (χ3n) is 8.96. The summed E-state index contributed by atoms with van der Waals surface area (Å²) in [5, 5.41) is 13.7. The molecular weight excluding hydrogens is 490 g/mol. The Morgan fingerprint density at radius 2 is 1.84 bits per heavy atom. The Kier molecular flexibility index (Phi) is 6.43. The molecular formula is C29H35NO8. The Hall–Kier alpha value is -3.17. The van der Waals surface area contributed by atoms with Crippen LogP contribution in [0.4, 0.5) is 4.79 Å². The SMILES string of the molecule is COc1ccc(C[C@@H]2NC(=O)[C@@]34OC(=O)O/C=C\[C@@](C)(O)C(=O)[C@@H](C)C/C=C\[C@H]3[C@@H]3O[C@]3(C)[C@@H](C)[C@@H]24)cc1. The topological polar surface area (TPSA) is 124 Å². The number of rotatable bonds is 3. The van der Waals surface area contributed by atoms with Gasteiger partial charge in [-0.2, -0.15) is 0 Å². The number of Topliss-reactive ketones (excluding diaryl/α,β-unsaturated/α-hetero) is 1.